The molecule has 1 aliphatic carbocycles. The average molecular weight is 448 g/mol. The van der Waals surface area contributed by atoms with Gasteiger partial charge in [0, 0.05) is 11.3 Å². The fourth-order valence-electron chi connectivity index (χ4n) is 4.42. The van der Waals surface area contributed by atoms with Gasteiger partial charge in [0.15, 0.2) is 12.4 Å². The number of ether oxygens (including phenoxy) is 1. The zero-order chi connectivity index (χ0) is 23.5. The number of carbonyl (C=O) groups excluding carboxylic acids is 5. The van der Waals surface area contributed by atoms with E-state index in [0.29, 0.717) is 29.8 Å². The Kier molecular flexibility index (Phi) is 6.35. The number of ketones is 1. The number of imide groups is 1. The lowest BCUT2D eigenvalue weighted by atomic mass is 9.81. The van der Waals surface area contributed by atoms with Gasteiger partial charge in [-0.3, -0.25) is 24.1 Å². The van der Waals surface area contributed by atoms with E-state index in [9.17, 15) is 24.0 Å². The summed E-state index contributed by atoms with van der Waals surface area (Å²) in [6, 6.07) is 12.5. The van der Waals surface area contributed by atoms with Crippen LogP contribution < -0.4 is 10.2 Å². The molecule has 1 saturated heterocycles. The van der Waals surface area contributed by atoms with E-state index in [1.54, 1.807) is 30.3 Å². The molecular formula is C25H24N2O6. The van der Waals surface area contributed by atoms with Crippen LogP contribution in [-0.2, 0) is 19.1 Å². The lowest BCUT2D eigenvalue weighted by molar-refractivity contribution is -0.122. The normalized spacial score (nSPS) is 19.7. The zero-order valence-electron chi connectivity index (χ0n) is 18.2. The predicted octanol–water partition coefficient (Wildman–Crippen LogP) is 3.36. The third-order valence-corrected chi connectivity index (χ3v) is 6.07. The van der Waals surface area contributed by atoms with E-state index in [-0.39, 0.29) is 35.0 Å². The molecular weight excluding hydrogens is 424 g/mol. The standard InChI is InChI=1S/C25H24N2O6/c1-15(28)16-6-4-8-18(12-16)26-22(29)14-33-25(32)17-7-5-9-19(13-17)27-23(30)20-10-2-3-11-21(20)24(27)31/h4-9,12-13,20-21H,2-3,10-11,14H2,1H3,(H,26,29)/t20-,21-/m0/s1. The topological polar surface area (TPSA) is 110 Å². The minimum Gasteiger partial charge on any atom is -0.452 e. The van der Waals surface area contributed by atoms with Gasteiger partial charge in [0.2, 0.25) is 11.8 Å². The maximum Gasteiger partial charge on any atom is 0.338 e. The highest BCUT2D eigenvalue weighted by Gasteiger charge is 2.48. The molecule has 1 heterocycles. The second kappa shape index (κ2) is 9.36. The van der Waals surface area contributed by atoms with E-state index in [0.717, 1.165) is 12.8 Å². The number of rotatable bonds is 6. The fraction of sp³-hybridized carbons (Fsp3) is 0.320. The Balaban J connectivity index is 1.39. The van der Waals surface area contributed by atoms with Gasteiger partial charge in [-0.1, -0.05) is 31.0 Å². The van der Waals surface area contributed by atoms with Crippen LogP contribution in [0.3, 0.4) is 0 Å². The molecule has 1 aliphatic heterocycles. The van der Waals surface area contributed by atoms with E-state index >= 15 is 0 Å². The second-order valence-electron chi connectivity index (χ2n) is 8.32. The van der Waals surface area contributed by atoms with E-state index in [4.69, 9.17) is 4.74 Å². The molecule has 33 heavy (non-hydrogen) atoms. The van der Waals surface area contributed by atoms with Crippen molar-refractivity contribution in [2.45, 2.75) is 32.6 Å². The third-order valence-electron chi connectivity index (χ3n) is 6.07. The molecule has 170 valence electrons. The smallest absolute Gasteiger partial charge is 0.338 e. The summed E-state index contributed by atoms with van der Waals surface area (Å²) in [5, 5.41) is 2.57. The van der Waals surface area contributed by atoms with Crippen LogP contribution in [0.15, 0.2) is 48.5 Å². The first-order valence-corrected chi connectivity index (χ1v) is 10.9. The first-order chi connectivity index (χ1) is 15.8. The van der Waals surface area contributed by atoms with Gasteiger partial charge in [-0.25, -0.2) is 4.79 Å². The maximum atomic E-state index is 12.8. The van der Waals surface area contributed by atoms with Gasteiger partial charge in [0.1, 0.15) is 0 Å². The summed E-state index contributed by atoms with van der Waals surface area (Å²) < 4.78 is 5.10. The van der Waals surface area contributed by atoms with Crippen molar-refractivity contribution in [2.75, 3.05) is 16.8 Å². The van der Waals surface area contributed by atoms with Crippen molar-refractivity contribution in [1.29, 1.82) is 0 Å². The lowest BCUT2D eigenvalue weighted by Gasteiger charge is -2.19. The number of nitrogens with one attached hydrogen (secondary N) is 1. The Morgan fingerprint density at radius 2 is 1.58 bits per heavy atom. The molecule has 2 fully saturated rings. The Bertz CT molecular complexity index is 1120. The van der Waals surface area contributed by atoms with Crippen molar-refractivity contribution in [3.63, 3.8) is 0 Å². The average Bonchev–Trinajstić information content (AvgIpc) is 3.08. The van der Waals surface area contributed by atoms with Crippen molar-refractivity contribution in [1.82, 2.24) is 0 Å². The summed E-state index contributed by atoms with van der Waals surface area (Å²) >= 11 is 0. The number of anilines is 2. The molecule has 0 spiro atoms. The van der Waals surface area contributed by atoms with E-state index in [2.05, 4.69) is 5.32 Å². The molecule has 8 nitrogen and oxygen atoms in total. The number of benzene rings is 2. The summed E-state index contributed by atoms with van der Waals surface area (Å²) in [6.07, 6.45) is 3.28. The quantitative estimate of drug-likeness (QED) is 0.412. The maximum absolute atomic E-state index is 12.8. The van der Waals surface area contributed by atoms with E-state index < -0.39 is 18.5 Å². The number of carbonyl (C=O) groups is 5. The van der Waals surface area contributed by atoms with Crippen LogP contribution in [0.5, 0.6) is 0 Å². The highest BCUT2D eigenvalue weighted by Crippen LogP contribution is 2.40. The van der Waals surface area contributed by atoms with E-state index in [1.165, 1.54) is 30.0 Å². The molecule has 1 N–H and O–H groups in total. The summed E-state index contributed by atoms with van der Waals surface area (Å²) in [7, 11) is 0. The number of fused-ring (bicyclic) bond motifs is 1. The summed E-state index contributed by atoms with van der Waals surface area (Å²) in [4.78, 5) is 62.9. The number of nitrogens with zero attached hydrogens (tertiary/aromatic N) is 1. The van der Waals surface area contributed by atoms with Crippen molar-refractivity contribution >= 4 is 40.8 Å². The van der Waals surface area contributed by atoms with Crippen LogP contribution in [0.1, 0.15) is 53.3 Å². The van der Waals surface area contributed by atoms with Gasteiger partial charge in [-0.2, -0.15) is 0 Å². The van der Waals surface area contributed by atoms with Gasteiger partial charge in [0.25, 0.3) is 5.91 Å². The van der Waals surface area contributed by atoms with Gasteiger partial charge >= 0.3 is 5.97 Å². The molecule has 8 heteroatoms. The van der Waals surface area contributed by atoms with Gasteiger partial charge < -0.3 is 10.1 Å². The van der Waals surface area contributed by atoms with Crippen LogP contribution in [0.25, 0.3) is 0 Å². The number of amides is 3. The Labute approximate surface area is 190 Å². The van der Waals surface area contributed by atoms with Crippen LogP contribution in [0.2, 0.25) is 0 Å². The highest BCUT2D eigenvalue weighted by molar-refractivity contribution is 6.22. The van der Waals surface area contributed by atoms with Crippen LogP contribution in [0.4, 0.5) is 11.4 Å². The zero-order valence-corrected chi connectivity index (χ0v) is 18.2. The SMILES string of the molecule is CC(=O)c1cccc(NC(=O)COC(=O)c2cccc(N3C(=O)[C@H]4CCCC[C@@H]4C3=O)c2)c1. The molecule has 2 aromatic rings. The molecule has 2 aromatic carbocycles. The summed E-state index contributed by atoms with van der Waals surface area (Å²) in [5.41, 5.74) is 1.33. The van der Waals surface area contributed by atoms with Gasteiger partial charge in [-0.05, 0) is 50.1 Å². The molecule has 1 saturated carbocycles. The van der Waals surface area contributed by atoms with Gasteiger partial charge in [-0.15, -0.1) is 0 Å². The first kappa shape index (κ1) is 22.4. The number of hydrogen-bond acceptors (Lipinski definition) is 6. The van der Waals surface area contributed by atoms with Crippen molar-refractivity contribution in [3.8, 4) is 0 Å². The van der Waals surface area contributed by atoms with E-state index in [1.807, 2.05) is 0 Å². The van der Waals surface area contributed by atoms with Crippen LogP contribution >= 0.6 is 0 Å². The lowest BCUT2D eigenvalue weighted by Crippen LogP contribution is -2.31. The minimum absolute atomic E-state index is 0.133. The number of esters is 1. The molecule has 2 aliphatic rings. The monoisotopic (exact) mass is 448 g/mol. The summed E-state index contributed by atoms with van der Waals surface area (Å²) in [6.45, 7) is 0.896. The summed E-state index contributed by atoms with van der Waals surface area (Å²) in [5.74, 6) is -2.45. The minimum atomic E-state index is -0.749. The molecule has 0 radical (unpaired) electrons. The Morgan fingerprint density at radius 3 is 2.24 bits per heavy atom. The Hall–Kier alpha value is -3.81. The molecule has 0 bridgehead atoms. The predicted molar refractivity (Wildman–Crippen MR) is 120 cm³/mol. The van der Waals surface area contributed by atoms with Crippen LogP contribution in [0, 0.1) is 11.8 Å². The third kappa shape index (κ3) is 4.69. The second-order valence-corrected chi connectivity index (χ2v) is 8.32. The largest absolute Gasteiger partial charge is 0.452 e. The molecule has 0 aromatic heterocycles. The van der Waals surface area contributed by atoms with Crippen molar-refractivity contribution < 1.29 is 28.7 Å². The van der Waals surface area contributed by atoms with Crippen molar-refractivity contribution in [3.05, 3.63) is 59.7 Å². The fourth-order valence-corrected chi connectivity index (χ4v) is 4.42. The number of Topliss-reactive ketones (excluding diaryl/α,β-unsaturated/α-hetero) is 1. The molecule has 3 amide bonds. The highest BCUT2D eigenvalue weighted by atomic mass is 16.5. The molecule has 2 atom stereocenters. The first-order valence-electron chi connectivity index (χ1n) is 10.9. The molecule has 0 unspecified atom stereocenters. The van der Waals surface area contributed by atoms with Crippen LogP contribution in [-0.4, -0.2) is 36.1 Å². The van der Waals surface area contributed by atoms with Crippen molar-refractivity contribution in [2.24, 2.45) is 11.8 Å². The number of hydrogen-bond donors (Lipinski definition) is 1. The van der Waals surface area contributed by atoms with Gasteiger partial charge in [0.05, 0.1) is 23.1 Å². The Morgan fingerprint density at radius 1 is 0.939 bits per heavy atom. The molecule has 4 rings (SSSR count).